The van der Waals surface area contributed by atoms with Crippen molar-refractivity contribution in [2.24, 2.45) is 5.73 Å². The largest absolute Gasteiger partial charge is 0.404 e. The van der Waals surface area contributed by atoms with Gasteiger partial charge in [-0.2, -0.15) is 5.10 Å². The summed E-state index contributed by atoms with van der Waals surface area (Å²) in [6.07, 6.45) is 9.91. The normalized spacial score (nSPS) is 16.0. The molecule has 8 nitrogen and oxygen atoms in total. The number of hydrogen-bond acceptors (Lipinski definition) is 8. The number of anilines is 1. The van der Waals surface area contributed by atoms with E-state index in [1.807, 2.05) is 41.5 Å². The number of aromatic nitrogens is 4. The average molecular weight is 536 g/mol. The summed E-state index contributed by atoms with van der Waals surface area (Å²) in [5.74, 6) is -1.48. The highest BCUT2D eigenvalue weighted by atomic mass is 32.2. The molecule has 11 heteroatoms. The summed E-state index contributed by atoms with van der Waals surface area (Å²) in [4.78, 5) is 8.61. The van der Waals surface area contributed by atoms with E-state index in [-0.39, 0.29) is 11.7 Å². The van der Waals surface area contributed by atoms with Crippen molar-refractivity contribution in [1.29, 1.82) is 0 Å². The Morgan fingerprint density at radius 2 is 2.05 bits per heavy atom. The van der Waals surface area contributed by atoms with E-state index in [1.54, 1.807) is 18.3 Å². The molecule has 0 aliphatic carbocycles. The molecule has 4 N–H and O–H groups in total. The van der Waals surface area contributed by atoms with E-state index in [0.29, 0.717) is 29.0 Å². The summed E-state index contributed by atoms with van der Waals surface area (Å²) in [6, 6.07) is 10.3. The molecule has 0 bridgehead atoms. The molecule has 0 saturated carbocycles. The van der Waals surface area contributed by atoms with E-state index in [2.05, 4.69) is 25.1 Å². The van der Waals surface area contributed by atoms with Crippen LogP contribution in [0.25, 0.3) is 28.0 Å². The molecule has 5 rings (SSSR count). The fraction of sp³-hybridized carbons (Fsp3) is 0.222. The van der Waals surface area contributed by atoms with Gasteiger partial charge in [0.2, 0.25) is 0 Å². The lowest BCUT2D eigenvalue weighted by atomic mass is 9.98. The molecule has 1 saturated heterocycles. The van der Waals surface area contributed by atoms with Gasteiger partial charge in [0.15, 0.2) is 5.82 Å². The molecule has 196 valence electrons. The molecule has 0 amide bonds. The van der Waals surface area contributed by atoms with E-state index in [4.69, 9.17) is 10.5 Å². The quantitative estimate of drug-likeness (QED) is 0.287. The molecule has 1 aromatic carbocycles. The van der Waals surface area contributed by atoms with Gasteiger partial charge in [-0.05, 0) is 29.8 Å². The highest BCUT2D eigenvalue weighted by molar-refractivity contribution is 7.99. The Kier molecular flexibility index (Phi) is 7.97. The lowest BCUT2D eigenvalue weighted by molar-refractivity contribution is 0.0702. The van der Waals surface area contributed by atoms with Gasteiger partial charge in [-0.15, -0.1) is 0 Å². The number of rotatable bonds is 8. The van der Waals surface area contributed by atoms with Crippen LogP contribution >= 0.6 is 11.9 Å². The second kappa shape index (κ2) is 11.7. The first kappa shape index (κ1) is 25.8. The Morgan fingerprint density at radius 3 is 2.76 bits per heavy atom. The number of nitrogens with one attached hydrogen (secondary N) is 2. The Bertz CT molecular complexity index is 1440. The van der Waals surface area contributed by atoms with Crippen molar-refractivity contribution in [3.05, 3.63) is 90.3 Å². The van der Waals surface area contributed by atoms with Crippen LogP contribution in [0.2, 0.25) is 0 Å². The zero-order valence-corrected chi connectivity index (χ0v) is 21.5. The molecule has 1 aliphatic heterocycles. The number of nitrogens with two attached hydrogens (primary N) is 1. The van der Waals surface area contributed by atoms with Crippen LogP contribution in [0.15, 0.2) is 67.4 Å². The molecule has 1 atom stereocenters. The van der Waals surface area contributed by atoms with Crippen LogP contribution in [0.4, 0.5) is 14.5 Å². The maximum atomic E-state index is 14.5. The van der Waals surface area contributed by atoms with Crippen LogP contribution in [0.3, 0.4) is 0 Å². The van der Waals surface area contributed by atoms with Crippen molar-refractivity contribution < 1.29 is 13.5 Å². The fourth-order valence-corrected chi connectivity index (χ4v) is 4.71. The molecule has 38 heavy (non-hydrogen) atoms. The molecule has 0 radical (unpaired) electrons. The predicted octanol–water partition coefficient (Wildman–Crippen LogP) is 4.31. The Labute approximate surface area is 223 Å². The first-order valence-electron chi connectivity index (χ1n) is 12.0. The predicted molar refractivity (Wildman–Crippen MR) is 146 cm³/mol. The van der Waals surface area contributed by atoms with Gasteiger partial charge in [0.05, 0.1) is 43.9 Å². The molecule has 1 unspecified atom stereocenters. The number of hydrogen-bond donors (Lipinski definition) is 3. The van der Waals surface area contributed by atoms with Crippen molar-refractivity contribution in [3.8, 4) is 22.4 Å². The number of pyridine rings is 2. The van der Waals surface area contributed by atoms with Gasteiger partial charge >= 0.3 is 0 Å². The molecular formula is C27H27F2N7OS. The van der Waals surface area contributed by atoms with Gasteiger partial charge in [0, 0.05) is 65.4 Å². The van der Waals surface area contributed by atoms with Gasteiger partial charge < -0.3 is 20.5 Å². The average Bonchev–Trinajstić information content (AvgIpc) is 3.38. The van der Waals surface area contributed by atoms with Crippen LogP contribution in [-0.4, -0.2) is 51.8 Å². The third kappa shape index (κ3) is 5.85. The number of nitrogens with zero attached hydrogens (tertiary/aromatic N) is 4. The van der Waals surface area contributed by atoms with Gasteiger partial charge in [-0.3, -0.25) is 14.6 Å². The minimum atomic E-state index is -0.745. The summed E-state index contributed by atoms with van der Waals surface area (Å²) >= 11 is 1.39. The van der Waals surface area contributed by atoms with Crippen LogP contribution in [0.5, 0.6) is 0 Å². The number of morpholine rings is 1. The maximum absolute atomic E-state index is 14.5. The van der Waals surface area contributed by atoms with E-state index >= 15 is 0 Å². The van der Waals surface area contributed by atoms with E-state index in [0.717, 1.165) is 48.8 Å². The van der Waals surface area contributed by atoms with Gasteiger partial charge in [-0.1, -0.05) is 18.0 Å². The standard InChI is InChI=1S/C27H27F2N7OS/c1-38-35-22-7-18(6-19(8-22)27-25(29)9-21(28)13-33-27)24(10-30)26-3-2-17(11-32-26)20-12-34-36(14-20)15-23-16-37-5-4-31-23/h2-3,6-14,23,31,35H,4-5,15-16,30H2,1H3. The second-order valence-electron chi connectivity index (χ2n) is 8.78. The SMILES string of the molecule is CSNc1cc(C(=CN)c2ccc(-c3cnn(CC4COCCN4)c3)cn2)cc(-c2ncc(F)cc2F)c1. The topological polar surface area (TPSA) is 103 Å². The maximum Gasteiger partial charge on any atom is 0.152 e. The zero-order valence-electron chi connectivity index (χ0n) is 20.7. The Morgan fingerprint density at radius 1 is 1.16 bits per heavy atom. The van der Waals surface area contributed by atoms with Crippen LogP contribution in [0, 0.1) is 11.6 Å². The third-order valence-electron chi connectivity index (χ3n) is 6.12. The Balaban J connectivity index is 1.41. The first-order chi connectivity index (χ1) is 18.5. The van der Waals surface area contributed by atoms with Crippen molar-refractivity contribution in [2.45, 2.75) is 12.6 Å². The highest BCUT2D eigenvalue weighted by Crippen LogP contribution is 2.32. The van der Waals surface area contributed by atoms with Crippen LogP contribution < -0.4 is 15.8 Å². The molecule has 1 fully saturated rings. The number of halogens is 2. The summed E-state index contributed by atoms with van der Waals surface area (Å²) < 4.78 is 38.6. The van der Waals surface area contributed by atoms with Gasteiger partial charge in [-0.25, -0.2) is 8.78 Å². The molecule has 0 spiro atoms. The van der Waals surface area contributed by atoms with Crippen LogP contribution in [-0.2, 0) is 11.3 Å². The van der Waals surface area contributed by atoms with Crippen LogP contribution in [0.1, 0.15) is 11.3 Å². The summed E-state index contributed by atoms with van der Waals surface area (Å²) in [7, 11) is 0. The smallest absolute Gasteiger partial charge is 0.152 e. The minimum absolute atomic E-state index is 0.0454. The molecular weight excluding hydrogens is 508 g/mol. The van der Waals surface area contributed by atoms with E-state index in [9.17, 15) is 8.78 Å². The first-order valence-corrected chi connectivity index (χ1v) is 13.2. The molecule has 4 aromatic rings. The zero-order chi connectivity index (χ0) is 26.5. The van der Waals surface area contributed by atoms with Gasteiger partial charge in [0.1, 0.15) is 11.5 Å². The summed E-state index contributed by atoms with van der Waals surface area (Å²) in [5.41, 5.74) is 11.2. The number of ether oxygens (including phenoxy) is 1. The highest BCUT2D eigenvalue weighted by Gasteiger charge is 2.16. The summed E-state index contributed by atoms with van der Waals surface area (Å²) in [5, 5.41) is 7.91. The Hall–Kier alpha value is -3.80. The minimum Gasteiger partial charge on any atom is -0.404 e. The monoisotopic (exact) mass is 535 g/mol. The second-order valence-corrected chi connectivity index (χ2v) is 9.39. The van der Waals surface area contributed by atoms with Crippen molar-refractivity contribution in [2.75, 3.05) is 30.7 Å². The molecule has 4 heterocycles. The third-order valence-corrected chi connectivity index (χ3v) is 6.56. The lowest BCUT2D eigenvalue weighted by Gasteiger charge is -2.23. The molecule has 3 aromatic heterocycles. The number of benzene rings is 1. The van der Waals surface area contributed by atoms with Crippen molar-refractivity contribution in [3.63, 3.8) is 0 Å². The van der Waals surface area contributed by atoms with E-state index < -0.39 is 11.6 Å². The lowest BCUT2D eigenvalue weighted by Crippen LogP contribution is -2.43. The van der Waals surface area contributed by atoms with Crippen molar-refractivity contribution in [1.82, 2.24) is 25.1 Å². The van der Waals surface area contributed by atoms with E-state index in [1.165, 1.54) is 18.1 Å². The van der Waals surface area contributed by atoms with Gasteiger partial charge in [0.25, 0.3) is 0 Å². The summed E-state index contributed by atoms with van der Waals surface area (Å²) in [6.45, 7) is 2.96. The molecule has 1 aliphatic rings. The fourth-order valence-electron chi connectivity index (χ4n) is 4.35. The van der Waals surface area contributed by atoms with Crippen molar-refractivity contribution >= 4 is 23.2 Å².